The number of hydrogen-bond donors (Lipinski definition) is 1. The van der Waals surface area contributed by atoms with Crippen molar-refractivity contribution < 1.29 is 9.32 Å². The Kier molecular flexibility index (Phi) is 4.92. The standard InChI is InChI=1S/C17H23N5O2/c1-12-3-5-14(6-4-12)16-19-15(24-20-16)11-21-7-9-22(10-8-21)17(23)13(2)18/h3-6,13H,7-11,18H2,1-2H3/t13-/m1/s1. The molecule has 1 aromatic heterocycles. The number of amides is 1. The zero-order valence-electron chi connectivity index (χ0n) is 14.1. The highest BCUT2D eigenvalue weighted by molar-refractivity contribution is 5.81. The van der Waals surface area contributed by atoms with Crippen LogP contribution in [0.15, 0.2) is 28.8 Å². The fourth-order valence-corrected chi connectivity index (χ4v) is 2.74. The Morgan fingerprint density at radius 1 is 1.25 bits per heavy atom. The number of nitrogens with zero attached hydrogens (tertiary/aromatic N) is 4. The Bertz CT molecular complexity index is 687. The van der Waals surface area contributed by atoms with Crippen LogP contribution in [-0.4, -0.2) is 58.1 Å². The lowest BCUT2D eigenvalue weighted by atomic mass is 10.1. The molecule has 1 aliphatic rings. The van der Waals surface area contributed by atoms with E-state index in [0.29, 0.717) is 31.3 Å². The molecule has 0 bridgehead atoms. The number of benzene rings is 1. The van der Waals surface area contributed by atoms with Crippen LogP contribution in [0, 0.1) is 6.92 Å². The minimum Gasteiger partial charge on any atom is -0.339 e. The van der Waals surface area contributed by atoms with E-state index in [-0.39, 0.29) is 5.91 Å². The molecule has 7 heteroatoms. The van der Waals surface area contributed by atoms with Gasteiger partial charge in [-0.05, 0) is 13.8 Å². The molecule has 0 saturated carbocycles. The molecule has 0 unspecified atom stereocenters. The van der Waals surface area contributed by atoms with Crippen molar-refractivity contribution in [2.24, 2.45) is 5.73 Å². The largest absolute Gasteiger partial charge is 0.339 e. The first-order chi connectivity index (χ1) is 11.5. The van der Waals surface area contributed by atoms with Gasteiger partial charge in [-0.15, -0.1) is 0 Å². The van der Waals surface area contributed by atoms with Crippen molar-refractivity contribution in [3.63, 3.8) is 0 Å². The molecule has 3 rings (SSSR count). The summed E-state index contributed by atoms with van der Waals surface area (Å²) in [4.78, 5) is 20.4. The molecule has 2 aromatic rings. The first kappa shape index (κ1) is 16.6. The molecule has 1 fully saturated rings. The average molecular weight is 329 g/mol. The van der Waals surface area contributed by atoms with Gasteiger partial charge in [0, 0.05) is 31.7 Å². The van der Waals surface area contributed by atoms with Gasteiger partial charge in [-0.2, -0.15) is 4.98 Å². The maximum Gasteiger partial charge on any atom is 0.241 e. The van der Waals surface area contributed by atoms with Gasteiger partial charge in [-0.25, -0.2) is 0 Å². The van der Waals surface area contributed by atoms with Crippen LogP contribution < -0.4 is 5.73 Å². The summed E-state index contributed by atoms with van der Waals surface area (Å²) in [5.41, 5.74) is 7.80. The molecule has 0 spiro atoms. The summed E-state index contributed by atoms with van der Waals surface area (Å²) in [5.74, 6) is 1.21. The summed E-state index contributed by atoms with van der Waals surface area (Å²) in [6.45, 7) is 7.28. The number of piperazine rings is 1. The van der Waals surface area contributed by atoms with Crippen LogP contribution in [0.25, 0.3) is 11.4 Å². The molecule has 128 valence electrons. The minimum absolute atomic E-state index is 0.00842. The third-order valence-corrected chi connectivity index (χ3v) is 4.21. The number of aryl methyl sites for hydroxylation is 1. The highest BCUT2D eigenvalue weighted by Crippen LogP contribution is 2.17. The van der Waals surface area contributed by atoms with Gasteiger partial charge in [0.15, 0.2) is 0 Å². The van der Waals surface area contributed by atoms with Crippen LogP contribution in [0.3, 0.4) is 0 Å². The van der Waals surface area contributed by atoms with Gasteiger partial charge in [0.2, 0.25) is 17.6 Å². The van der Waals surface area contributed by atoms with E-state index in [9.17, 15) is 4.79 Å². The zero-order chi connectivity index (χ0) is 17.1. The summed E-state index contributed by atoms with van der Waals surface area (Å²) >= 11 is 0. The summed E-state index contributed by atoms with van der Waals surface area (Å²) in [5, 5.41) is 4.05. The van der Waals surface area contributed by atoms with Crippen LogP contribution in [0.5, 0.6) is 0 Å². The molecule has 1 aliphatic heterocycles. The SMILES string of the molecule is Cc1ccc(-c2noc(CN3CCN(C(=O)[C@@H](C)N)CC3)n2)cc1. The van der Waals surface area contributed by atoms with Crippen LogP contribution in [-0.2, 0) is 11.3 Å². The van der Waals surface area contributed by atoms with Crippen LogP contribution in [0.1, 0.15) is 18.4 Å². The molecule has 24 heavy (non-hydrogen) atoms. The second kappa shape index (κ2) is 7.11. The molecule has 0 radical (unpaired) electrons. The second-order valence-corrected chi connectivity index (χ2v) is 6.27. The normalized spacial score (nSPS) is 17.0. The van der Waals surface area contributed by atoms with Gasteiger partial charge in [-0.3, -0.25) is 9.69 Å². The van der Waals surface area contributed by atoms with Crippen molar-refractivity contribution in [1.29, 1.82) is 0 Å². The molecule has 0 aliphatic carbocycles. The van der Waals surface area contributed by atoms with E-state index in [1.54, 1.807) is 6.92 Å². The van der Waals surface area contributed by atoms with E-state index in [2.05, 4.69) is 15.0 Å². The second-order valence-electron chi connectivity index (χ2n) is 6.27. The van der Waals surface area contributed by atoms with E-state index in [1.165, 1.54) is 5.56 Å². The minimum atomic E-state index is -0.440. The molecule has 7 nitrogen and oxygen atoms in total. The van der Waals surface area contributed by atoms with Crippen molar-refractivity contribution in [2.75, 3.05) is 26.2 Å². The smallest absolute Gasteiger partial charge is 0.241 e. The van der Waals surface area contributed by atoms with E-state index in [4.69, 9.17) is 10.3 Å². The quantitative estimate of drug-likeness (QED) is 0.901. The highest BCUT2D eigenvalue weighted by atomic mass is 16.5. The number of rotatable bonds is 4. The Morgan fingerprint density at radius 3 is 2.54 bits per heavy atom. The molecule has 1 amide bonds. The Labute approximate surface area is 141 Å². The topological polar surface area (TPSA) is 88.5 Å². The van der Waals surface area contributed by atoms with Gasteiger partial charge in [-0.1, -0.05) is 35.0 Å². The van der Waals surface area contributed by atoms with Crippen LogP contribution >= 0.6 is 0 Å². The van der Waals surface area contributed by atoms with Crippen molar-refractivity contribution in [1.82, 2.24) is 19.9 Å². The van der Waals surface area contributed by atoms with Crippen molar-refractivity contribution in [3.05, 3.63) is 35.7 Å². The molecule has 1 atom stereocenters. The Morgan fingerprint density at radius 2 is 1.92 bits per heavy atom. The summed E-state index contributed by atoms with van der Waals surface area (Å²) in [7, 11) is 0. The van der Waals surface area contributed by atoms with E-state index < -0.39 is 6.04 Å². The third kappa shape index (κ3) is 3.80. The van der Waals surface area contributed by atoms with Gasteiger partial charge in [0.25, 0.3) is 0 Å². The van der Waals surface area contributed by atoms with Gasteiger partial charge in [0.05, 0.1) is 12.6 Å². The Hall–Kier alpha value is -2.25. The van der Waals surface area contributed by atoms with Crippen molar-refractivity contribution >= 4 is 5.91 Å². The molecule has 2 heterocycles. The Balaban J connectivity index is 1.56. The summed E-state index contributed by atoms with van der Waals surface area (Å²) in [6.07, 6.45) is 0. The first-order valence-corrected chi connectivity index (χ1v) is 8.19. The number of carbonyl (C=O) groups excluding carboxylic acids is 1. The maximum absolute atomic E-state index is 11.9. The van der Waals surface area contributed by atoms with Gasteiger partial charge < -0.3 is 15.2 Å². The molecule has 1 saturated heterocycles. The third-order valence-electron chi connectivity index (χ3n) is 4.21. The van der Waals surface area contributed by atoms with E-state index >= 15 is 0 Å². The lowest BCUT2D eigenvalue weighted by Crippen LogP contribution is -2.52. The number of nitrogens with two attached hydrogens (primary N) is 1. The van der Waals surface area contributed by atoms with Crippen molar-refractivity contribution in [3.8, 4) is 11.4 Å². The summed E-state index contributed by atoms with van der Waals surface area (Å²) < 4.78 is 5.36. The monoisotopic (exact) mass is 329 g/mol. The zero-order valence-corrected chi connectivity index (χ0v) is 14.1. The van der Waals surface area contributed by atoms with Crippen LogP contribution in [0.2, 0.25) is 0 Å². The van der Waals surface area contributed by atoms with Gasteiger partial charge >= 0.3 is 0 Å². The molecular formula is C17H23N5O2. The maximum atomic E-state index is 11.9. The number of hydrogen-bond acceptors (Lipinski definition) is 6. The summed E-state index contributed by atoms with van der Waals surface area (Å²) in [6, 6.07) is 7.59. The van der Waals surface area contributed by atoms with Gasteiger partial charge in [0.1, 0.15) is 0 Å². The lowest BCUT2D eigenvalue weighted by Gasteiger charge is -2.34. The molecule has 2 N–H and O–H groups in total. The van der Waals surface area contributed by atoms with Crippen molar-refractivity contribution in [2.45, 2.75) is 26.4 Å². The molecular weight excluding hydrogens is 306 g/mol. The first-order valence-electron chi connectivity index (χ1n) is 8.19. The predicted molar refractivity (Wildman–Crippen MR) is 90.0 cm³/mol. The van der Waals surface area contributed by atoms with E-state index in [0.717, 1.165) is 18.7 Å². The number of carbonyl (C=O) groups is 1. The molecule has 1 aromatic carbocycles. The number of aromatic nitrogens is 2. The average Bonchev–Trinajstić information content (AvgIpc) is 3.04. The predicted octanol–water partition coefficient (Wildman–Crippen LogP) is 1.04. The fraction of sp³-hybridized carbons (Fsp3) is 0.471. The lowest BCUT2D eigenvalue weighted by molar-refractivity contribution is -0.134. The fourth-order valence-electron chi connectivity index (χ4n) is 2.74. The van der Waals surface area contributed by atoms with E-state index in [1.807, 2.05) is 36.1 Å². The van der Waals surface area contributed by atoms with Crippen LogP contribution in [0.4, 0.5) is 0 Å². The highest BCUT2D eigenvalue weighted by Gasteiger charge is 2.24.